The van der Waals surface area contributed by atoms with E-state index >= 15 is 0 Å². The average molecular weight is 609 g/mol. The van der Waals surface area contributed by atoms with Gasteiger partial charge in [-0.05, 0) is 11.5 Å². The Morgan fingerprint density at radius 3 is 2.42 bits per heavy atom. The zero-order valence-corrected chi connectivity index (χ0v) is 24.2. The van der Waals surface area contributed by atoms with Gasteiger partial charge in [0, 0.05) is 11.3 Å². The molecule has 1 unspecified atom stereocenters. The molecule has 0 aliphatic rings. The van der Waals surface area contributed by atoms with Crippen LogP contribution in [0.5, 0.6) is 0 Å². The molecule has 0 aliphatic carbocycles. The summed E-state index contributed by atoms with van der Waals surface area (Å²) in [5, 5.41) is 12.5. The molecule has 0 bridgehead atoms. The number of thioether (sulfide) groups is 1. The Morgan fingerprint density at radius 2 is 1.74 bits per heavy atom. The van der Waals surface area contributed by atoms with Crippen molar-refractivity contribution in [3.05, 3.63) is 88.7 Å². The minimum Gasteiger partial charge on any atom is -0.444 e. The van der Waals surface area contributed by atoms with E-state index < -0.39 is 42.6 Å². The summed E-state index contributed by atoms with van der Waals surface area (Å²) in [6.07, 6.45) is 0.317. The summed E-state index contributed by atoms with van der Waals surface area (Å²) in [4.78, 5) is 56.7. The molecular formula is C29H29FN6O6S. The van der Waals surface area contributed by atoms with Crippen molar-refractivity contribution in [2.24, 2.45) is 5.92 Å². The molecule has 43 heavy (non-hydrogen) atoms. The molecule has 0 aliphatic heterocycles. The zero-order valence-electron chi connectivity index (χ0n) is 23.4. The van der Waals surface area contributed by atoms with Crippen molar-refractivity contribution in [3.8, 4) is 11.4 Å². The Hall–Kier alpha value is -4.85. The van der Waals surface area contributed by atoms with Crippen LogP contribution in [-0.2, 0) is 22.7 Å². The van der Waals surface area contributed by atoms with Crippen LogP contribution in [0.2, 0.25) is 0 Å². The van der Waals surface area contributed by atoms with Crippen molar-refractivity contribution in [1.29, 1.82) is 0 Å². The Labute approximate surface area is 250 Å². The first kappa shape index (κ1) is 31.1. The Balaban J connectivity index is 1.54. The monoisotopic (exact) mass is 608 g/mol. The predicted molar refractivity (Wildman–Crippen MR) is 156 cm³/mol. The third-order valence-corrected chi connectivity index (χ3v) is 6.79. The number of hydrogen-bond donors (Lipinski definition) is 2. The summed E-state index contributed by atoms with van der Waals surface area (Å²) in [7, 11) is 0. The third kappa shape index (κ3) is 8.35. The molecule has 4 rings (SSSR count). The van der Waals surface area contributed by atoms with Gasteiger partial charge in [-0.15, -0.1) is 10.2 Å². The topological polar surface area (TPSA) is 158 Å². The minimum absolute atomic E-state index is 0.0144. The maximum atomic E-state index is 13.5. The van der Waals surface area contributed by atoms with Gasteiger partial charge in [0.1, 0.15) is 24.7 Å². The fourth-order valence-electron chi connectivity index (χ4n) is 3.94. The highest BCUT2D eigenvalue weighted by Gasteiger charge is 2.30. The molecule has 0 saturated heterocycles. The quantitative estimate of drug-likeness (QED) is 0.167. The van der Waals surface area contributed by atoms with Crippen molar-refractivity contribution in [3.63, 3.8) is 0 Å². The van der Waals surface area contributed by atoms with E-state index in [1.54, 1.807) is 68.4 Å². The smallest absolute Gasteiger partial charge is 0.412 e. The molecule has 14 heteroatoms. The summed E-state index contributed by atoms with van der Waals surface area (Å²) in [6, 6.07) is 16.7. The van der Waals surface area contributed by atoms with Gasteiger partial charge < -0.3 is 14.5 Å². The number of Topliss-reactive ketones (excluding diaryl/α,β-unsaturated/α-hetero) is 1. The number of alkyl halides is 1. The second-order valence-corrected chi connectivity index (χ2v) is 10.5. The molecule has 0 spiro atoms. The van der Waals surface area contributed by atoms with Gasteiger partial charge in [-0.1, -0.05) is 86.3 Å². The van der Waals surface area contributed by atoms with Gasteiger partial charge in [-0.2, -0.15) is 0 Å². The van der Waals surface area contributed by atoms with Crippen LogP contribution >= 0.6 is 11.8 Å². The normalized spacial score (nSPS) is 11.6. The number of nitrogens with one attached hydrogen (secondary N) is 2. The number of ketones is 1. The highest BCUT2D eigenvalue weighted by Crippen LogP contribution is 2.19. The maximum absolute atomic E-state index is 13.5. The molecule has 2 N–H and O–H groups in total. The summed E-state index contributed by atoms with van der Waals surface area (Å²) in [6.45, 7) is 2.28. The fraction of sp³-hybridized carbons (Fsp3) is 0.276. The lowest BCUT2D eigenvalue weighted by molar-refractivity contribution is -0.122. The summed E-state index contributed by atoms with van der Waals surface area (Å²) >= 11 is 0.964. The second-order valence-electron chi connectivity index (χ2n) is 9.50. The number of halogens is 1. The van der Waals surface area contributed by atoms with Crippen LogP contribution in [0.1, 0.15) is 30.1 Å². The number of amides is 2. The highest BCUT2D eigenvalue weighted by molar-refractivity contribution is 7.99. The first-order chi connectivity index (χ1) is 20.8. The maximum Gasteiger partial charge on any atom is 0.412 e. The van der Waals surface area contributed by atoms with Gasteiger partial charge in [0.25, 0.3) is 16.7 Å². The SMILES string of the molecule is CC(C)C(NC(=O)Cn1c(-c2ccccc2)ncc(NC(=O)OCc2ccccc2)c1=O)C(=O)c1nnc(SCCF)o1. The van der Waals surface area contributed by atoms with E-state index in [0.717, 1.165) is 21.9 Å². The largest absolute Gasteiger partial charge is 0.444 e. The number of anilines is 1. The molecule has 224 valence electrons. The number of hydrogen-bond acceptors (Lipinski definition) is 10. The molecule has 1 atom stereocenters. The predicted octanol–water partition coefficient (Wildman–Crippen LogP) is 4.13. The van der Waals surface area contributed by atoms with Crippen LogP contribution in [0.3, 0.4) is 0 Å². The molecule has 0 radical (unpaired) electrons. The summed E-state index contributed by atoms with van der Waals surface area (Å²) < 4.78 is 24.1. The van der Waals surface area contributed by atoms with E-state index in [2.05, 4.69) is 25.8 Å². The Morgan fingerprint density at radius 1 is 1.05 bits per heavy atom. The summed E-state index contributed by atoms with van der Waals surface area (Å²) in [5.74, 6) is -1.77. The standard InChI is InChI=1S/C29H29FN6O6S/c1-18(2)23(24(38)26-34-35-29(42-26)43-14-13-30)33-22(37)16-36-25(20-11-7-4-8-12-20)31-15-21(27(36)39)32-28(40)41-17-19-9-5-3-6-10-19/h3-12,15,18,23H,13-14,16-17H2,1-2H3,(H,32,40)(H,33,37). The lowest BCUT2D eigenvalue weighted by Crippen LogP contribution is -2.46. The van der Waals surface area contributed by atoms with Gasteiger partial charge in [-0.3, -0.25) is 28.7 Å². The van der Waals surface area contributed by atoms with Gasteiger partial charge in [-0.25, -0.2) is 9.78 Å². The molecule has 0 saturated carbocycles. The first-order valence-electron chi connectivity index (χ1n) is 13.3. The second kappa shape index (κ2) is 14.9. The van der Waals surface area contributed by atoms with E-state index in [9.17, 15) is 23.6 Å². The number of nitrogens with zero attached hydrogens (tertiary/aromatic N) is 4. The number of ether oxygens (including phenoxy) is 1. The highest BCUT2D eigenvalue weighted by atomic mass is 32.2. The molecule has 2 heterocycles. The lowest BCUT2D eigenvalue weighted by atomic mass is 9.99. The number of aromatic nitrogens is 4. The van der Waals surface area contributed by atoms with Crippen molar-refractivity contribution in [1.82, 2.24) is 25.1 Å². The van der Waals surface area contributed by atoms with E-state index in [1.165, 1.54) is 6.20 Å². The van der Waals surface area contributed by atoms with Crippen molar-refractivity contribution in [2.45, 2.75) is 38.3 Å². The fourth-order valence-corrected chi connectivity index (χ4v) is 4.42. The molecule has 12 nitrogen and oxygen atoms in total. The number of rotatable bonds is 13. The molecule has 4 aromatic rings. The van der Waals surface area contributed by atoms with E-state index in [-0.39, 0.29) is 40.9 Å². The summed E-state index contributed by atoms with van der Waals surface area (Å²) in [5.41, 5.74) is 0.394. The van der Waals surface area contributed by atoms with Gasteiger partial charge in [0.05, 0.1) is 18.9 Å². The van der Waals surface area contributed by atoms with Crippen LogP contribution in [0.25, 0.3) is 11.4 Å². The molecule has 0 fully saturated rings. The zero-order chi connectivity index (χ0) is 30.8. The first-order valence-corrected chi connectivity index (χ1v) is 14.2. The third-order valence-electron chi connectivity index (χ3n) is 6.02. The van der Waals surface area contributed by atoms with E-state index in [1.807, 2.05) is 6.07 Å². The van der Waals surface area contributed by atoms with Crippen LogP contribution in [0, 0.1) is 5.92 Å². The van der Waals surface area contributed by atoms with E-state index in [0.29, 0.717) is 5.56 Å². The van der Waals surface area contributed by atoms with Gasteiger partial charge in [0.2, 0.25) is 11.7 Å². The number of benzene rings is 2. The Kier molecular flexibility index (Phi) is 10.7. The lowest BCUT2D eigenvalue weighted by Gasteiger charge is -2.20. The number of carbonyl (C=O) groups excluding carboxylic acids is 3. The number of carbonyl (C=O) groups is 3. The van der Waals surface area contributed by atoms with Crippen LogP contribution in [-0.4, -0.2) is 56.0 Å². The average Bonchev–Trinajstić information content (AvgIpc) is 3.49. The minimum atomic E-state index is -1.06. The van der Waals surface area contributed by atoms with E-state index in [4.69, 9.17) is 9.15 Å². The van der Waals surface area contributed by atoms with Gasteiger partial charge in [0.15, 0.2) is 0 Å². The van der Waals surface area contributed by atoms with Crippen molar-refractivity contribution in [2.75, 3.05) is 17.7 Å². The van der Waals surface area contributed by atoms with Crippen LogP contribution < -0.4 is 16.2 Å². The van der Waals surface area contributed by atoms with Crippen LogP contribution in [0.15, 0.2) is 81.3 Å². The molecule has 2 aromatic carbocycles. The molecular weight excluding hydrogens is 579 g/mol. The van der Waals surface area contributed by atoms with Crippen molar-refractivity contribution < 1.29 is 27.9 Å². The molecule has 2 amide bonds. The molecule has 2 aromatic heterocycles. The van der Waals surface area contributed by atoms with Crippen LogP contribution in [0.4, 0.5) is 14.9 Å². The Bertz CT molecular complexity index is 1610. The van der Waals surface area contributed by atoms with Gasteiger partial charge >= 0.3 is 6.09 Å². The van der Waals surface area contributed by atoms with Crippen molar-refractivity contribution >= 4 is 35.2 Å².